The number of nitrogens with zero attached hydrogens (tertiary/aromatic N) is 4. The van der Waals surface area contributed by atoms with Gasteiger partial charge in [-0.1, -0.05) is 0 Å². The summed E-state index contributed by atoms with van der Waals surface area (Å²) in [5.41, 5.74) is 0. The zero-order chi connectivity index (χ0) is 21.9. The second kappa shape index (κ2) is 8.89. The molecule has 1 aromatic heterocycles. The van der Waals surface area contributed by atoms with Crippen LogP contribution in [0, 0.1) is 0 Å². The number of carbonyl (C=O) groups excluding carboxylic acids is 1. The molecule has 168 valence electrons. The number of halogens is 3. The molecule has 1 N–H and O–H groups in total. The highest BCUT2D eigenvalue weighted by Gasteiger charge is 2.42. The quantitative estimate of drug-likeness (QED) is 0.623. The van der Waals surface area contributed by atoms with Crippen molar-refractivity contribution in [3.63, 3.8) is 0 Å². The predicted molar refractivity (Wildman–Crippen MR) is 98.9 cm³/mol. The van der Waals surface area contributed by atoms with Crippen molar-refractivity contribution in [2.24, 2.45) is 0 Å². The maximum Gasteiger partial charge on any atom is 0.491 e. The van der Waals surface area contributed by atoms with Gasteiger partial charge in [-0.15, -0.1) is 0 Å². The molecule has 14 heteroatoms. The molecule has 2 aliphatic rings. The molecule has 2 fully saturated rings. The molecule has 2 aliphatic heterocycles. The molecule has 1 aromatic rings. The second-order valence-corrected chi connectivity index (χ2v) is 8.92. The maximum absolute atomic E-state index is 12.7. The van der Waals surface area contributed by atoms with Crippen LogP contribution in [0.3, 0.4) is 0 Å². The normalized spacial score (nSPS) is 19.5. The number of piperazine rings is 1. The number of esters is 1. The molecule has 3 rings (SSSR count). The first kappa shape index (κ1) is 22.5. The molecule has 0 bridgehead atoms. The van der Waals surface area contributed by atoms with E-state index in [0.29, 0.717) is 12.8 Å². The Balaban J connectivity index is 1.81. The van der Waals surface area contributed by atoms with Crippen LogP contribution in [0.4, 0.5) is 19.0 Å². The van der Waals surface area contributed by atoms with Crippen LogP contribution >= 0.6 is 0 Å². The van der Waals surface area contributed by atoms with Crippen molar-refractivity contribution in [2.75, 3.05) is 50.4 Å². The van der Waals surface area contributed by atoms with Gasteiger partial charge in [0.1, 0.15) is 6.10 Å². The summed E-state index contributed by atoms with van der Waals surface area (Å²) in [6.45, 7) is 1.98. The summed E-state index contributed by atoms with van der Waals surface area (Å²) in [5.74, 6) is -3.19. The Morgan fingerprint density at radius 3 is 2.40 bits per heavy atom. The molecule has 30 heavy (non-hydrogen) atoms. The number of hydrogen-bond donors (Lipinski definition) is 1. The van der Waals surface area contributed by atoms with E-state index in [4.69, 9.17) is 4.74 Å². The first-order chi connectivity index (χ1) is 14.0. The van der Waals surface area contributed by atoms with Crippen molar-refractivity contribution in [3.05, 3.63) is 6.20 Å². The summed E-state index contributed by atoms with van der Waals surface area (Å²) >= 11 is 0. The minimum Gasteiger partial charge on any atom is -0.473 e. The maximum atomic E-state index is 12.7. The van der Waals surface area contributed by atoms with E-state index in [1.165, 1.54) is 15.4 Å². The van der Waals surface area contributed by atoms with Crippen LogP contribution in [0.1, 0.15) is 12.8 Å². The number of alkyl halides is 3. The van der Waals surface area contributed by atoms with Crippen molar-refractivity contribution in [1.82, 2.24) is 19.6 Å². The SMILES string of the molecule is CS(=O)(=O)N1CCN(c2ncc(OC3CCNCC3)nc2OC(=O)C(F)(F)F)CC1. The van der Waals surface area contributed by atoms with E-state index in [-0.39, 0.29) is 44.0 Å². The summed E-state index contributed by atoms with van der Waals surface area (Å²) in [4.78, 5) is 20.9. The van der Waals surface area contributed by atoms with E-state index in [2.05, 4.69) is 20.0 Å². The minimum atomic E-state index is -5.21. The zero-order valence-electron chi connectivity index (χ0n) is 16.2. The fourth-order valence-corrected chi connectivity index (χ4v) is 3.98. The average molecular weight is 453 g/mol. The Morgan fingerprint density at radius 1 is 1.20 bits per heavy atom. The topological polar surface area (TPSA) is 114 Å². The first-order valence-electron chi connectivity index (χ1n) is 9.27. The van der Waals surface area contributed by atoms with Crippen molar-refractivity contribution >= 4 is 21.8 Å². The fraction of sp³-hybridized carbons (Fsp3) is 0.688. The largest absolute Gasteiger partial charge is 0.491 e. The van der Waals surface area contributed by atoms with Gasteiger partial charge in [0.15, 0.2) is 5.82 Å². The monoisotopic (exact) mass is 453 g/mol. The van der Waals surface area contributed by atoms with E-state index >= 15 is 0 Å². The standard InChI is InChI=1S/C16H22F3N5O5S/c1-30(26,27)24-8-6-23(7-9-24)13-14(29-15(25)16(17,18)19)22-12(10-21-13)28-11-2-4-20-5-3-11/h10-11,20H,2-9H2,1H3. The molecule has 0 aromatic carbocycles. The van der Waals surface area contributed by atoms with Crippen molar-refractivity contribution < 1.29 is 35.9 Å². The van der Waals surface area contributed by atoms with Crippen LogP contribution in [0.25, 0.3) is 0 Å². The molecule has 0 spiro atoms. The zero-order valence-corrected chi connectivity index (χ0v) is 17.0. The fourth-order valence-electron chi connectivity index (χ4n) is 3.15. The van der Waals surface area contributed by atoms with Gasteiger partial charge >= 0.3 is 12.1 Å². The number of anilines is 1. The number of sulfonamides is 1. The highest BCUT2D eigenvalue weighted by Crippen LogP contribution is 2.30. The third-order valence-electron chi connectivity index (χ3n) is 4.70. The summed E-state index contributed by atoms with van der Waals surface area (Å²) in [6, 6.07) is 0. The number of aromatic nitrogens is 2. The lowest BCUT2D eigenvalue weighted by atomic mass is 10.1. The van der Waals surface area contributed by atoms with Crippen LogP contribution < -0.4 is 19.7 Å². The second-order valence-electron chi connectivity index (χ2n) is 6.94. The number of rotatable bonds is 5. The lowest BCUT2D eigenvalue weighted by Gasteiger charge is -2.34. The molecule has 0 radical (unpaired) electrons. The summed E-state index contributed by atoms with van der Waals surface area (Å²) in [6.07, 6.45) is -1.68. The smallest absolute Gasteiger partial charge is 0.473 e. The lowest BCUT2D eigenvalue weighted by Crippen LogP contribution is -2.48. The Bertz CT molecular complexity index is 869. The van der Waals surface area contributed by atoms with E-state index in [1.807, 2.05) is 0 Å². The number of piperidine rings is 1. The summed E-state index contributed by atoms with van der Waals surface area (Å²) in [5, 5.41) is 3.16. The van der Waals surface area contributed by atoms with Crippen molar-refractivity contribution in [1.29, 1.82) is 0 Å². The molecular weight excluding hydrogens is 431 g/mol. The van der Waals surface area contributed by atoms with Crippen molar-refractivity contribution in [2.45, 2.75) is 25.1 Å². The minimum absolute atomic E-state index is 0.0506. The summed E-state index contributed by atoms with van der Waals surface area (Å²) in [7, 11) is -3.39. The number of carbonyl (C=O) groups is 1. The van der Waals surface area contributed by atoms with Gasteiger partial charge in [-0.3, -0.25) is 0 Å². The third kappa shape index (κ3) is 5.70. The molecular formula is C16H22F3N5O5S. The van der Waals surface area contributed by atoms with Crippen LogP contribution in [0.2, 0.25) is 0 Å². The molecule has 2 saturated heterocycles. The molecule has 10 nitrogen and oxygen atoms in total. The van der Waals surface area contributed by atoms with Gasteiger partial charge in [0.2, 0.25) is 15.9 Å². The van der Waals surface area contributed by atoms with E-state index < -0.39 is 28.0 Å². The van der Waals surface area contributed by atoms with Crippen LogP contribution in [0.15, 0.2) is 6.20 Å². The van der Waals surface area contributed by atoms with E-state index in [1.54, 1.807) is 0 Å². The highest BCUT2D eigenvalue weighted by molar-refractivity contribution is 7.88. The predicted octanol–water partition coefficient (Wildman–Crippen LogP) is 0.157. The van der Waals surface area contributed by atoms with Gasteiger partial charge in [0.25, 0.3) is 5.88 Å². The van der Waals surface area contributed by atoms with Gasteiger partial charge in [0.05, 0.1) is 12.5 Å². The third-order valence-corrected chi connectivity index (χ3v) is 6.01. The molecule has 0 aliphatic carbocycles. The molecule has 3 heterocycles. The number of ether oxygens (including phenoxy) is 2. The van der Waals surface area contributed by atoms with Crippen molar-refractivity contribution in [3.8, 4) is 11.8 Å². The highest BCUT2D eigenvalue weighted by atomic mass is 32.2. The van der Waals surface area contributed by atoms with Gasteiger partial charge in [0, 0.05) is 26.2 Å². The van der Waals surface area contributed by atoms with E-state index in [9.17, 15) is 26.4 Å². The molecule has 0 amide bonds. The average Bonchev–Trinajstić information content (AvgIpc) is 2.68. The van der Waals surface area contributed by atoms with E-state index in [0.717, 1.165) is 19.3 Å². The van der Waals surface area contributed by atoms with Crippen LogP contribution in [-0.2, 0) is 14.8 Å². The van der Waals surface area contributed by atoms with Crippen LogP contribution in [-0.4, -0.2) is 86.5 Å². The van der Waals surface area contributed by atoms with Gasteiger partial charge in [-0.2, -0.15) is 22.5 Å². The Morgan fingerprint density at radius 2 is 1.83 bits per heavy atom. The Kier molecular flexibility index (Phi) is 6.67. The van der Waals surface area contributed by atoms with Gasteiger partial charge < -0.3 is 19.7 Å². The number of hydrogen-bond acceptors (Lipinski definition) is 9. The lowest BCUT2D eigenvalue weighted by molar-refractivity contribution is -0.190. The van der Waals surface area contributed by atoms with Gasteiger partial charge in [-0.05, 0) is 25.9 Å². The molecule has 0 unspecified atom stereocenters. The molecule has 0 atom stereocenters. The molecule has 0 saturated carbocycles. The first-order valence-corrected chi connectivity index (χ1v) is 11.1. The summed E-state index contributed by atoms with van der Waals surface area (Å²) < 4.78 is 72.9. The van der Waals surface area contributed by atoms with Crippen LogP contribution in [0.5, 0.6) is 11.8 Å². The number of nitrogens with one attached hydrogen (secondary N) is 1. The Hall–Kier alpha value is -2.19. The van der Waals surface area contributed by atoms with Gasteiger partial charge in [-0.25, -0.2) is 18.2 Å². The Labute approximate surface area is 171 Å².